The van der Waals surface area contributed by atoms with Crippen LogP contribution in [0.3, 0.4) is 0 Å². The third-order valence-corrected chi connectivity index (χ3v) is 3.55. The summed E-state index contributed by atoms with van der Waals surface area (Å²) in [6.45, 7) is 7.56. The number of hydrogen-bond acceptors (Lipinski definition) is 2. The minimum Gasteiger partial charge on any atom is -0.370 e. The molecular weight excluding hydrogens is 369 g/mol. The summed E-state index contributed by atoms with van der Waals surface area (Å²) in [5, 5.41) is 3.27. The Kier molecular flexibility index (Phi) is 16.8. The summed E-state index contributed by atoms with van der Waals surface area (Å²) in [4.78, 5) is 4.35. The molecule has 0 heterocycles. The molecule has 19 heavy (non-hydrogen) atoms. The highest BCUT2D eigenvalue weighted by Gasteiger charge is 2.03. The minimum absolute atomic E-state index is 0. The highest BCUT2D eigenvalue weighted by Crippen LogP contribution is 2.08. The maximum absolute atomic E-state index is 5.85. The van der Waals surface area contributed by atoms with Gasteiger partial charge in [0.05, 0.1) is 0 Å². The summed E-state index contributed by atoms with van der Waals surface area (Å²) >= 11 is 1.89. The second-order valence-corrected chi connectivity index (χ2v) is 6.32. The number of halogens is 1. The van der Waals surface area contributed by atoms with Crippen molar-refractivity contribution in [1.29, 1.82) is 0 Å². The van der Waals surface area contributed by atoms with Gasteiger partial charge in [0, 0.05) is 12.6 Å². The van der Waals surface area contributed by atoms with E-state index in [0.29, 0.717) is 12.0 Å². The summed E-state index contributed by atoms with van der Waals surface area (Å²) in [6.07, 6.45) is 8.20. The summed E-state index contributed by atoms with van der Waals surface area (Å²) < 4.78 is 0. The van der Waals surface area contributed by atoms with E-state index >= 15 is 0 Å². The molecule has 0 saturated carbocycles. The first-order valence-corrected chi connectivity index (χ1v) is 8.51. The molecular formula is C14H32IN3S. The molecule has 0 aliphatic heterocycles. The maximum Gasteiger partial charge on any atom is 0.188 e. The average molecular weight is 401 g/mol. The fourth-order valence-electron chi connectivity index (χ4n) is 1.76. The molecule has 0 rings (SSSR count). The van der Waals surface area contributed by atoms with Gasteiger partial charge >= 0.3 is 0 Å². The van der Waals surface area contributed by atoms with Gasteiger partial charge in [-0.05, 0) is 44.1 Å². The Bertz CT molecular complexity index is 223. The first-order chi connectivity index (χ1) is 8.56. The van der Waals surface area contributed by atoms with Crippen LogP contribution in [-0.2, 0) is 0 Å². The molecule has 0 aromatic heterocycles. The van der Waals surface area contributed by atoms with Crippen molar-refractivity contribution in [2.24, 2.45) is 16.6 Å². The molecule has 0 aliphatic rings. The summed E-state index contributed by atoms with van der Waals surface area (Å²) in [5.41, 5.74) is 5.85. The highest BCUT2D eigenvalue weighted by molar-refractivity contribution is 14.0. The van der Waals surface area contributed by atoms with E-state index < -0.39 is 0 Å². The van der Waals surface area contributed by atoms with E-state index in [2.05, 4.69) is 37.3 Å². The first kappa shape index (κ1) is 21.6. The van der Waals surface area contributed by atoms with Crippen molar-refractivity contribution >= 4 is 41.7 Å². The normalized spacial score (nSPS) is 13.2. The molecule has 3 nitrogen and oxygen atoms in total. The van der Waals surface area contributed by atoms with E-state index in [9.17, 15) is 0 Å². The molecule has 0 aromatic carbocycles. The number of aliphatic imine (C=N–C) groups is 1. The molecule has 116 valence electrons. The first-order valence-electron chi connectivity index (χ1n) is 7.11. The monoisotopic (exact) mass is 401 g/mol. The molecule has 0 spiro atoms. The number of thioether (sulfide) groups is 1. The Balaban J connectivity index is 0. The van der Waals surface area contributed by atoms with E-state index in [-0.39, 0.29) is 24.0 Å². The standard InChI is InChI=1S/C14H31N3S.HI/c1-12(2)8-7-9-13(3)17-14(15)16-10-5-6-11-18-4;/h12-13H,5-11H2,1-4H3,(H3,15,16,17);1H. The number of nitrogens with two attached hydrogens (primary N) is 1. The quantitative estimate of drug-likeness (QED) is 0.253. The second kappa shape index (κ2) is 14.8. The van der Waals surface area contributed by atoms with Gasteiger partial charge in [-0.1, -0.05) is 26.7 Å². The fraction of sp³-hybridized carbons (Fsp3) is 0.929. The van der Waals surface area contributed by atoms with Gasteiger partial charge in [0.15, 0.2) is 5.96 Å². The van der Waals surface area contributed by atoms with Crippen molar-refractivity contribution in [3.63, 3.8) is 0 Å². The molecule has 0 saturated heterocycles. The zero-order valence-electron chi connectivity index (χ0n) is 12.9. The van der Waals surface area contributed by atoms with Crippen molar-refractivity contribution in [3.8, 4) is 0 Å². The van der Waals surface area contributed by atoms with Crippen LogP contribution in [0.2, 0.25) is 0 Å². The summed E-state index contributed by atoms with van der Waals surface area (Å²) in [6, 6.07) is 0.429. The largest absolute Gasteiger partial charge is 0.370 e. The summed E-state index contributed by atoms with van der Waals surface area (Å²) in [7, 11) is 0. The topological polar surface area (TPSA) is 50.4 Å². The summed E-state index contributed by atoms with van der Waals surface area (Å²) in [5.74, 6) is 2.62. The Hall–Kier alpha value is 0.350. The van der Waals surface area contributed by atoms with Crippen molar-refractivity contribution in [3.05, 3.63) is 0 Å². The van der Waals surface area contributed by atoms with Gasteiger partial charge < -0.3 is 11.1 Å². The number of rotatable bonds is 10. The lowest BCUT2D eigenvalue weighted by molar-refractivity contribution is 0.493. The van der Waals surface area contributed by atoms with Crippen LogP contribution in [0.1, 0.15) is 52.9 Å². The SMILES string of the molecule is CSCCCCN=C(N)NC(C)CCCC(C)C.I. The molecule has 1 atom stereocenters. The Morgan fingerprint density at radius 1 is 1.16 bits per heavy atom. The Labute approximate surface area is 141 Å². The molecule has 0 bridgehead atoms. The zero-order chi connectivity index (χ0) is 13.8. The van der Waals surface area contributed by atoms with Crippen LogP contribution in [0.25, 0.3) is 0 Å². The fourth-order valence-corrected chi connectivity index (χ4v) is 2.25. The molecule has 0 aromatic rings. The van der Waals surface area contributed by atoms with Crippen LogP contribution in [0.5, 0.6) is 0 Å². The van der Waals surface area contributed by atoms with E-state index in [4.69, 9.17) is 5.73 Å². The minimum atomic E-state index is 0. The van der Waals surface area contributed by atoms with Crippen molar-refractivity contribution in [2.75, 3.05) is 18.6 Å². The van der Waals surface area contributed by atoms with Crippen molar-refractivity contribution in [2.45, 2.75) is 58.9 Å². The number of guanidine groups is 1. The predicted octanol–water partition coefficient (Wildman–Crippen LogP) is 3.87. The number of nitrogens with zero attached hydrogens (tertiary/aromatic N) is 1. The molecule has 1 unspecified atom stereocenters. The van der Waals surface area contributed by atoms with E-state index in [1.807, 2.05) is 11.8 Å². The lowest BCUT2D eigenvalue weighted by atomic mass is 10.0. The van der Waals surface area contributed by atoms with Crippen LogP contribution in [0, 0.1) is 5.92 Å². The van der Waals surface area contributed by atoms with Crippen molar-refractivity contribution in [1.82, 2.24) is 5.32 Å². The van der Waals surface area contributed by atoms with E-state index in [1.165, 1.54) is 31.4 Å². The van der Waals surface area contributed by atoms with Crippen LogP contribution in [0.15, 0.2) is 4.99 Å². The molecule has 5 heteroatoms. The second-order valence-electron chi connectivity index (χ2n) is 5.34. The average Bonchev–Trinajstić information content (AvgIpc) is 2.28. The van der Waals surface area contributed by atoms with Gasteiger partial charge in [0.2, 0.25) is 0 Å². The third-order valence-electron chi connectivity index (χ3n) is 2.85. The zero-order valence-corrected chi connectivity index (χ0v) is 16.1. The maximum atomic E-state index is 5.85. The molecule has 0 aliphatic carbocycles. The van der Waals surface area contributed by atoms with Crippen molar-refractivity contribution < 1.29 is 0 Å². The van der Waals surface area contributed by atoms with Gasteiger partial charge in [-0.2, -0.15) is 11.8 Å². The number of nitrogens with one attached hydrogen (secondary N) is 1. The Morgan fingerprint density at radius 3 is 2.42 bits per heavy atom. The van der Waals surface area contributed by atoms with E-state index in [0.717, 1.165) is 18.9 Å². The van der Waals surface area contributed by atoms with Crippen LogP contribution >= 0.6 is 35.7 Å². The van der Waals surface area contributed by atoms with Crippen LogP contribution < -0.4 is 11.1 Å². The van der Waals surface area contributed by atoms with Crippen LogP contribution in [-0.4, -0.2) is 30.6 Å². The molecule has 0 radical (unpaired) electrons. The lowest BCUT2D eigenvalue weighted by Crippen LogP contribution is -2.38. The predicted molar refractivity (Wildman–Crippen MR) is 101 cm³/mol. The number of unbranched alkanes of at least 4 members (excludes halogenated alkanes) is 1. The molecule has 0 amide bonds. The molecule has 3 N–H and O–H groups in total. The van der Waals surface area contributed by atoms with Gasteiger partial charge in [-0.25, -0.2) is 0 Å². The van der Waals surface area contributed by atoms with Gasteiger partial charge in [-0.3, -0.25) is 4.99 Å². The lowest BCUT2D eigenvalue weighted by Gasteiger charge is -2.15. The van der Waals surface area contributed by atoms with Gasteiger partial charge in [0.1, 0.15) is 0 Å². The smallest absolute Gasteiger partial charge is 0.188 e. The number of hydrogen-bond donors (Lipinski definition) is 2. The van der Waals surface area contributed by atoms with E-state index in [1.54, 1.807) is 0 Å². The van der Waals surface area contributed by atoms with Crippen LogP contribution in [0.4, 0.5) is 0 Å². The van der Waals surface area contributed by atoms with Gasteiger partial charge in [-0.15, -0.1) is 24.0 Å². The van der Waals surface area contributed by atoms with Gasteiger partial charge in [0.25, 0.3) is 0 Å². The third kappa shape index (κ3) is 16.3. The Morgan fingerprint density at radius 2 is 1.84 bits per heavy atom. The highest BCUT2D eigenvalue weighted by atomic mass is 127. The molecule has 0 fully saturated rings.